The highest BCUT2D eigenvalue weighted by molar-refractivity contribution is 14.1. The Balaban J connectivity index is 2.23. The average molecular weight is 402 g/mol. The van der Waals surface area contributed by atoms with Gasteiger partial charge in [0.2, 0.25) is 10.0 Å². The highest BCUT2D eigenvalue weighted by Gasteiger charge is 2.11. The minimum atomic E-state index is -3.67. The third kappa shape index (κ3) is 3.94. The van der Waals surface area contributed by atoms with Crippen LogP contribution >= 0.6 is 22.6 Å². The van der Waals surface area contributed by atoms with Gasteiger partial charge in [-0.15, -0.1) is 0 Å². The maximum absolute atomic E-state index is 11.4. The first-order valence-electron chi connectivity index (χ1n) is 6.01. The molecule has 2 aromatic rings. The number of hydrogen-bond donors (Lipinski definition) is 2. The van der Waals surface area contributed by atoms with Crippen LogP contribution in [0.2, 0.25) is 0 Å². The molecule has 0 spiro atoms. The monoisotopic (exact) mass is 402 g/mol. The van der Waals surface area contributed by atoms with Gasteiger partial charge < -0.3 is 5.32 Å². The van der Waals surface area contributed by atoms with Gasteiger partial charge in [0, 0.05) is 15.3 Å². The third-order valence-corrected chi connectivity index (χ3v) is 4.48. The lowest BCUT2D eigenvalue weighted by molar-refractivity contribution is 0.597. The second kappa shape index (κ2) is 6.11. The van der Waals surface area contributed by atoms with Gasteiger partial charge in [-0.05, 0) is 65.4 Å². The molecule has 0 saturated carbocycles. The Kier molecular flexibility index (Phi) is 4.66. The highest BCUT2D eigenvalue weighted by Crippen LogP contribution is 2.22. The van der Waals surface area contributed by atoms with Crippen LogP contribution in [0, 0.1) is 3.57 Å². The molecule has 20 heavy (non-hydrogen) atoms. The van der Waals surface area contributed by atoms with Crippen LogP contribution < -0.4 is 10.5 Å². The molecule has 0 amide bonds. The summed E-state index contributed by atoms with van der Waals surface area (Å²) >= 11 is 2.25. The molecule has 0 aromatic heterocycles. The van der Waals surface area contributed by atoms with E-state index in [4.69, 9.17) is 5.14 Å². The zero-order valence-electron chi connectivity index (χ0n) is 10.9. The van der Waals surface area contributed by atoms with Crippen LogP contribution in [0.5, 0.6) is 0 Å². The van der Waals surface area contributed by atoms with Crippen molar-refractivity contribution in [3.8, 4) is 0 Å². The normalized spacial score (nSPS) is 12.9. The first-order valence-corrected chi connectivity index (χ1v) is 8.63. The lowest BCUT2D eigenvalue weighted by atomic mass is 10.1. The van der Waals surface area contributed by atoms with E-state index in [0.717, 1.165) is 14.8 Å². The van der Waals surface area contributed by atoms with E-state index in [1.165, 1.54) is 6.07 Å². The molecular weight excluding hydrogens is 387 g/mol. The Morgan fingerprint density at radius 1 is 1.15 bits per heavy atom. The van der Waals surface area contributed by atoms with Gasteiger partial charge in [-0.2, -0.15) is 0 Å². The van der Waals surface area contributed by atoms with Crippen LogP contribution in [0.4, 0.5) is 5.69 Å². The molecule has 0 radical (unpaired) electrons. The molecule has 2 aromatic carbocycles. The average Bonchev–Trinajstić information content (AvgIpc) is 2.38. The predicted octanol–water partition coefficient (Wildman–Crippen LogP) is 3.11. The number of benzene rings is 2. The Bertz CT molecular complexity index is 717. The molecular formula is C14H15IN2O2S. The summed E-state index contributed by atoms with van der Waals surface area (Å²) in [5.74, 6) is 0. The fraction of sp³-hybridized carbons (Fsp3) is 0.143. The van der Waals surface area contributed by atoms with Crippen molar-refractivity contribution in [3.05, 3.63) is 57.7 Å². The van der Waals surface area contributed by atoms with E-state index in [2.05, 4.69) is 27.9 Å². The van der Waals surface area contributed by atoms with Crippen LogP contribution in [-0.4, -0.2) is 8.42 Å². The fourth-order valence-corrected chi connectivity index (χ4v) is 2.98. The third-order valence-electron chi connectivity index (χ3n) is 2.89. The smallest absolute Gasteiger partial charge is 0.238 e. The fourth-order valence-electron chi connectivity index (χ4n) is 1.87. The molecule has 0 fully saturated rings. The summed E-state index contributed by atoms with van der Waals surface area (Å²) in [6.07, 6.45) is 0. The van der Waals surface area contributed by atoms with E-state index < -0.39 is 10.0 Å². The Labute approximate surface area is 132 Å². The largest absolute Gasteiger partial charge is 0.378 e. The van der Waals surface area contributed by atoms with E-state index >= 15 is 0 Å². The lowest BCUT2D eigenvalue weighted by Crippen LogP contribution is -2.13. The molecule has 0 bridgehead atoms. The van der Waals surface area contributed by atoms with Gasteiger partial charge in [0.05, 0.1) is 4.90 Å². The molecule has 0 aliphatic rings. The van der Waals surface area contributed by atoms with Gasteiger partial charge in [-0.1, -0.05) is 18.2 Å². The second-order valence-electron chi connectivity index (χ2n) is 4.49. The Morgan fingerprint density at radius 2 is 1.85 bits per heavy atom. The number of primary sulfonamides is 1. The maximum atomic E-state index is 11.4. The zero-order valence-corrected chi connectivity index (χ0v) is 13.9. The van der Waals surface area contributed by atoms with Crippen LogP contribution in [0.15, 0.2) is 53.4 Å². The first-order chi connectivity index (χ1) is 9.36. The molecule has 106 valence electrons. The van der Waals surface area contributed by atoms with Gasteiger partial charge in [0.15, 0.2) is 0 Å². The van der Waals surface area contributed by atoms with E-state index in [0.29, 0.717) is 0 Å². The second-order valence-corrected chi connectivity index (χ2v) is 7.30. The Morgan fingerprint density at radius 3 is 2.50 bits per heavy atom. The summed E-state index contributed by atoms with van der Waals surface area (Å²) < 4.78 is 23.9. The van der Waals surface area contributed by atoms with Crippen molar-refractivity contribution < 1.29 is 8.42 Å². The minimum absolute atomic E-state index is 0.0186. The molecule has 1 atom stereocenters. The SMILES string of the molecule is CC(Nc1cccc(I)c1)c1cccc(S(N)(=O)=O)c1. The zero-order chi connectivity index (χ0) is 14.8. The van der Waals surface area contributed by atoms with Crippen LogP contribution in [0.25, 0.3) is 0 Å². The van der Waals surface area contributed by atoms with E-state index in [-0.39, 0.29) is 10.9 Å². The summed E-state index contributed by atoms with van der Waals surface area (Å²) in [6.45, 7) is 1.97. The Hall–Kier alpha value is -1.12. The van der Waals surface area contributed by atoms with E-state index in [9.17, 15) is 8.42 Å². The standard InChI is InChI=1S/C14H15IN2O2S/c1-10(17-13-6-3-5-12(15)9-13)11-4-2-7-14(8-11)20(16,18)19/h2-10,17H,1H3,(H2,16,18,19). The van der Waals surface area contributed by atoms with Gasteiger partial charge in [-0.3, -0.25) is 0 Å². The van der Waals surface area contributed by atoms with Crippen LogP contribution in [0.1, 0.15) is 18.5 Å². The van der Waals surface area contributed by atoms with Crippen molar-refractivity contribution in [3.63, 3.8) is 0 Å². The van der Waals surface area contributed by atoms with Crippen LogP contribution in [-0.2, 0) is 10.0 Å². The van der Waals surface area contributed by atoms with Gasteiger partial charge in [0.25, 0.3) is 0 Å². The van der Waals surface area contributed by atoms with Gasteiger partial charge in [0.1, 0.15) is 0 Å². The molecule has 0 heterocycles. The molecule has 4 nitrogen and oxygen atoms in total. The van der Waals surface area contributed by atoms with Crippen molar-refractivity contribution in [1.82, 2.24) is 0 Å². The summed E-state index contributed by atoms with van der Waals surface area (Å²) in [5, 5.41) is 8.49. The van der Waals surface area contributed by atoms with Crippen molar-refractivity contribution in [1.29, 1.82) is 0 Å². The predicted molar refractivity (Wildman–Crippen MR) is 89.0 cm³/mol. The quantitative estimate of drug-likeness (QED) is 0.773. The summed E-state index contributed by atoms with van der Waals surface area (Å²) in [7, 11) is -3.67. The topological polar surface area (TPSA) is 72.2 Å². The van der Waals surface area contributed by atoms with E-state index in [1.807, 2.05) is 37.3 Å². The number of rotatable bonds is 4. The number of nitrogens with one attached hydrogen (secondary N) is 1. The first kappa shape index (κ1) is 15.3. The molecule has 2 rings (SSSR count). The highest BCUT2D eigenvalue weighted by atomic mass is 127. The van der Waals surface area contributed by atoms with Gasteiger partial charge >= 0.3 is 0 Å². The molecule has 0 saturated heterocycles. The molecule has 0 aliphatic heterocycles. The van der Waals surface area contributed by atoms with Crippen LogP contribution in [0.3, 0.4) is 0 Å². The molecule has 3 N–H and O–H groups in total. The number of anilines is 1. The van der Waals surface area contributed by atoms with Gasteiger partial charge in [-0.25, -0.2) is 13.6 Å². The lowest BCUT2D eigenvalue weighted by Gasteiger charge is -2.16. The molecule has 6 heteroatoms. The number of sulfonamides is 1. The number of nitrogens with two attached hydrogens (primary N) is 1. The number of hydrogen-bond acceptors (Lipinski definition) is 3. The van der Waals surface area contributed by atoms with Crippen molar-refractivity contribution in [2.24, 2.45) is 5.14 Å². The van der Waals surface area contributed by atoms with Crippen molar-refractivity contribution in [2.45, 2.75) is 17.9 Å². The van der Waals surface area contributed by atoms with E-state index in [1.54, 1.807) is 12.1 Å². The van der Waals surface area contributed by atoms with Crippen molar-refractivity contribution in [2.75, 3.05) is 5.32 Å². The summed E-state index contributed by atoms with van der Waals surface area (Å²) in [4.78, 5) is 0.131. The summed E-state index contributed by atoms with van der Waals surface area (Å²) in [6, 6.07) is 14.6. The maximum Gasteiger partial charge on any atom is 0.238 e. The minimum Gasteiger partial charge on any atom is -0.378 e. The molecule has 1 unspecified atom stereocenters. The van der Waals surface area contributed by atoms with Crippen molar-refractivity contribution >= 4 is 38.3 Å². The molecule has 0 aliphatic carbocycles. The summed E-state index contributed by atoms with van der Waals surface area (Å²) in [5.41, 5.74) is 1.86. The number of halogens is 1.